The lowest BCUT2D eigenvalue weighted by Crippen LogP contribution is -2.58. The van der Waals surface area contributed by atoms with Gasteiger partial charge in [-0.15, -0.1) is 0 Å². The summed E-state index contributed by atoms with van der Waals surface area (Å²) in [5.74, 6) is -0.463. The Morgan fingerprint density at radius 3 is 2.35 bits per heavy atom. The maximum atomic E-state index is 14.0. The molecule has 6 rings (SSSR count). The third-order valence-corrected chi connectivity index (χ3v) is 10.5. The van der Waals surface area contributed by atoms with Crippen LogP contribution in [0.5, 0.6) is 0 Å². The van der Waals surface area contributed by atoms with Gasteiger partial charge in [0, 0.05) is 76.1 Å². The lowest BCUT2D eigenvalue weighted by atomic mass is 9.79. The molecule has 15 heteroatoms. The van der Waals surface area contributed by atoms with Crippen molar-refractivity contribution in [2.75, 3.05) is 70.5 Å². The molecule has 3 fully saturated rings. The fraction of sp³-hybridized carbons (Fsp3) is 0.545. The van der Waals surface area contributed by atoms with E-state index in [1.165, 1.54) is 11.0 Å². The molecule has 1 spiro atoms. The van der Waals surface area contributed by atoms with E-state index in [9.17, 15) is 27.6 Å². The highest BCUT2D eigenvalue weighted by atomic mass is 35.5. The van der Waals surface area contributed by atoms with Crippen LogP contribution in [0.4, 0.5) is 34.1 Å². The highest BCUT2D eigenvalue weighted by molar-refractivity contribution is 6.33. The number of carbonyl (C=O) groups is 3. The second-order valence-corrected chi connectivity index (χ2v) is 13.6. The van der Waals surface area contributed by atoms with Gasteiger partial charge in [0.25, 0.3) is 5.91 Å². The number of alkyl halides is 3. The van der Waals surface area contributed by atoms with Gasteiger partial charge in [0.1, 0.15) is 0 Å². The van der Waals surface area contributed by atoms with E-state index in [1.807, 2.05) is 24.3 Å². The summed E-state index contributed by atoms with van der Waals surface area (Å²) >= 11 is 6.10. The summed E-state index contributed by atoms with van der Waals surface area (Å²) in [6, 6.07) is 9.63. The zero-order valence-electron chi connectivity index (χ0n) is 26.8. The van der Waals surface area contributed by atoms with Crippen LogP contribution in [0.25, 0.3) is 0 Å². The molecule has 4 N–H and O–H groups in total. The number of nitrogens with one attached hydrogen (secondary N) is 2. The van der Waals surface area contributed by atoms with E-state index in [0.29, 0.717) is 37.7 Å². The number of nitrogens with zero attached hydrogens (tertiary/aromatic N) is 4. The molecule has 4 amide bonds. The minimum absolute atomic E-state index is 0.0756. The number of piperazine rings is 1. The fourth-order valence-corrected chi connectivity index (χ4v) is 7.61. The van der Waals surface area contributed by atoms with Crippen molar-refractivity contribution < 1.29 is 32.3 Å². The van der Waals surface area contributed by atoms with Gasteiger partial charge in [0.2, 0.25) is 0 Å². The molecule has 4 aliphatic heterocycles. The van der Waals surface area contributed by atoms with Gasteiger partial charge in [-0.05, 0) is 56.5 Å². The summed E-state index contributed by atoms with van der Waals surface area (Å²) in [6.45, 7) is 5.23. The molecule has 0 unspecified atom stereocenters. The molecule has 2 aromatic carbocycles. The van der Waals surface area contributed by atoms with Crippen LogP contribution in [-0.4, -0.2) is 109 Å². The summed E-state index contributed by atoms with van der Waals surface area (Å²) in [5.41, 5.74) is 4.97. The van der Waals surface area contributed by atoms with Crippen molar-refractivity contribution in [1.82, 2.24) is 24.9 Å². The van der Waals surface area contributed by atoms with Gasteiger partial charge in [-0.2, -0.15) is 13.2 Å². The Balaban J connectivity index is 1.17. The third kappa shape index (κ3) is 7.15. The van der Waals surface area contributed by atoms with Crippen LogP contribution < -0.4 is 16.4 Å². The zero-order chi connectivity index (χ0) is 34.2. The number of anilines is 2. The first-order valence-corrected chi connectivity index (χ1v) is 16.7. The average molecular weight is 692 g/mol. The average Bonchev–Trinajstić information content (AvgIpc) is 3.06. The molecule has 4 heterocycles. The number of rotatable bonds is 5. The lowest BCUT2D eigenvalue weighted by molar-refractivity contribution is -0.142. The molecule has 0 bridgehead atoms. The number of nitrogen functional groups attached to an aromatic ring is 1. The number of likely N-dealkylation sites (tertiary alicyclic amines) is 2. The van der Waals surface area contributed by atoms with Gasteiger partial charge in [-0.3, -0.25) is 9.69 Å². The van der Waals surface area contributed by atoms with E-state index in [0.717, 1.165) is 50.7 Å². The molecule has 260 valence electrons. The van der Waals surface area contributed by atoms with Crippen molar-refractivity contribution in [3.63, 3.8) is 0 Å². The van der Waals surface area contributed by atoms with E-state index in [4.69, 9.17) is 22.1 Å². The highest BCUT2D eigenvalue weighted by Gasteiger charge is 2.44. The summed E-state index contributed by atoms with van der Waals surface area (Å²) < 4.78 is 47.2. The Morgan fingerprint density at radius 1 is 1.02 bits per heavy atom. The molecule has 2 aromatic rings. The van der Waals surface area contributed by atoms with Crippen molar-refractivity contribution in [2.45, 2.75) is 56.0 Å². The normalized spacial score (nSPS) is 21.3. The van der Waals surface area contributed by atoms with Crippen molar-refractivity contribution in [3.8, 4) is 0 Å². The van der Waals surface area contributed by atoms with E-state index >= 15 is 0 Å². The van der Waals surface area contributed by atoms with Crippen molar-refractivity contribution in [1.29, 1.82) is 0 Å². The van der Waals surface area contributed by atoms with Crippen LogP contribution >= 0.6 is 11.6 Å². The molecule has 11 nitrogen and oxygen atoms in total. The number of urea groups is 1. The van der Waals surface area contributed by atoms with Gasteiger partial charge in [-0.25, -0.2) is 9.59 Å². The summed E-state index contributed by atoms with van der Waals surface area (Å²) in [4.78, 5) is 47.9. The largest absolute Gasteiger partial charge is 0.436 e. The molecular formula is C33H41ClF3N7O4. The Labute approximate surface area is 282 Å². The molecule has 0 aromatic heterocycles. The number of amides is 4. The first-order valence-electron chi connectivity index (χ1n) is 16.3. The Kier molecular flexibility index (Phi) is 9.69. The quantitative estimate of drug-likeness (QED) is 0.399. The first kappa shape index (κ1) is 34.1. The summed E-state index contributed by atoms with van der Waals surface area (Å²) in [6.07, 6.45) is -4.89. The second kappa shape index (κ2) is 13.6. The molecule has 0 saturated carbocycles. The van der Waals surface area contributed by atoms with E-state index in [2.05, 4.69) is 27.5 Å². The highest BCUT2D eigenvalue weighted by Crippen LogP contribution is 2.40. The number of ether oxygens (including phenoxy) is 1. The van der Waals surface area contributed by atoms with Crippen LogP contribution in [0, 0.1) is 0 Å². The predicted octanol–water partition coefficient (Wildman–Crippen LogP) is 4.35. The monoisotopic (exact) mass is 691 g/mol. The van der Waals surface area contributed by atoms with Crippen molar-refractivity contribution >= 4 is 41.0 Å². The SMILES string of the molecule is CN1CCN(C2CCN(C(=O)[C@@H](Cc3cc(Cl)c(N)c(C(F)(F)F)c3)OC(=O)N3CCC4(CC3)NC(=O)Nc3ccccc34)CC2)CC1. The molecular weight excluding hydrogens is 651 g/mol. The molecule has 0 radical (unpaired) electrons. The number of hydrogen-bond donors (Lipinski definition) is 3. The number of piperidine rings is 2. The number of likely N-dealkylation sites (N-methyl/N-ethyl adjacent to an activating group) is 1. The van der Waals surface area contributed by atoms with Crippen LogP contribution in [0.15, 0.2) is 36.4 Å². The number of halogens is 4. The molecule has 3 saturated heterocycles. The number of nitrogens with two attached hydrogens (primary N) is 1. The molecule has 1 atom stereocenters. The topological polar surface area (TPSA) is 123 Å². The van der Waals surface area contributed by atoms with Crippen LogP contribution in [-0.2, 0) is 27.7 Å². The molecule has 0 aliphatic carbocycles. The number of para-hydroxylation sites is 1. The molecule has 48 heavy (non-hydrogen) atoms. The first-order chi connectivity index (χ1) is 22.8. The van der Waals surface area contributed by atoms with E-state index in [1.54, 1.807) is 4.90 Å². The van der Waals surface area contributed by atoms with E-state index in [-0.39, 0.29) is 36.1 Å². The Hall–Kier alpha value is -3.75. The van der Waals surface area contributed by atoms with Gasteiger partial charge in [0.15, 0.2) is 6.10 Å². The van der Waals surface area contributed by atoms with E-state index < -0.39 is 41.1 Å². The number of fused-ring (bicyclic) bond motifs is 2. The minimum atomic E-state index is -4.77. The van der Waals surface area contributed by atoms with Gasteiger partial charge >= 0.3 is 18.3 Å². The third-order valence-electron chi connectivity index (χ3n) is 10.2. The maximum absolute atomic E-state index is 14.0. The number of hydrogen-bond acceptors (Lipinski definition) is 7. The predicted molar refractivity (Wildman–Crippen MR) is 175 cm³/mol. The second-order valence-electron chi connectivity index (χ2n) is 13.2. The van der Waals surface area contributed by atoms with Crippen LogP contribution in [0.2, 0.25) is 5.02 Å². The number of carbonyl (C=O) groups excluding carboxylic acids is 3. The maximum Gasteiger partial charge on any atom is 0.418 e. The fourth-order valence-electron chi connectivity index (χ4n) is 7.37. The van der Waals surface area contributed by atoms with Crippen molar-refractivity contribution in [2.24, 2.45) is 0 Å². The summed E-state index contributed by atoms with van der Waals surface area (Å²) in [5, 5.41) is 5.55. The smallest absolute Gasteiger partial charge is 0.418 e. The lowest BCUT2D eigenvalue weighted by Gasteiger charge is -2.45. The summed E-state index contributed by atoms with van der Waals surface area (Å²) in [7, 11) is 2.10. The van der Waals surface area contributed by atoms with Gasteiger partial charge in [0.05, 0.1) is 21.8 Å². The van der Waals surface area contributed by atoms with Crippen molar-refractivity contribution in [3.05, 3.63) is 58.1 Å². The number of benzene rings is 2. The van der Waals surface area contributed by atoms with Gasteiger partial charge < -0.3 is 35.8 Å². The van der Waals surface area contributed by atoms with Gasteiger partial charge in [-0.1, -0.05) is 29.8 Å². The molecule has 4 aliphatic rings. The minimum Gasteiger partial charge on any atom is -0.436 e. The van der Waals surface area contributed by atoms with Crippen LogP contribution in [0.3, 0.4) is 0 Å². The van der Waals surface area contributed by atoms with Crippen LogP contribution in [0.1, 0.15) is 42.4 Å². The zero-order valence-corrected chi connectivity index (χ0v) is 27.6. The standard InChI is InChI=1S/C33H41ClF3N7O4/c1-41-14-16-42(17-15-41)22-6-10-43(11-7-22)29(45)27(20-21-18-24(33(35,36)37)28(38)25(34)19-21)48-31(47)44-12-8-32(9-13-44)23-4-2-3-5-26(23)39-30(46)40-32/h2-5,18-19,22,27H,6-17,20,38H2,1H3,(H2,39,40,46)/t27-/m1/s1. The Morgan fingerprint density at radius 2 is 1.69 bits per heavy atom. The Bertz CT molecular complexity index is 1540.